The predicted molar refractivity (Wildman–Crippen MR) is 125 cm³/mol. The van der Waals surface area contributed by atoms with E-state index in [2.05, 4.69) is 0 Å². The zero-order valence-electron chi connectivity index (χ0n) is 18.4. The van der Waals surface area contributed by atoms with Gasteiger partial charge in [0.05, 0.1) is 25.7 Å². The van der Waals surface area contributed by atoms with Crippen LogP contribution in [-0.2, 0) is 23.8 Å². The van der Waals surface area contributed by atoms with Gasteiger partial charge in [-0.2, -0.15) is 0 Å². The Kier molecular flexibility index (Phi) is 6.69. The van der Waals surface area contributed by atoms with Gasteiger partial charge in [0.15, 0.2) is 11.5 Å². The highest BCUT2D eigenvalue weighted by atomic mass is 16.6. The Hall–Kier alpha value is -4.12. The number of benzene rings is 3. The van der Waals surface area contributed by atoms with E-state index in [0.29, 0.717) is 11.5 Å². The molecule has 0 spiro atoms. The second kappa shape index (κ2) is 10.0. The molecule has 0 aromatic heterocycles. The van der Waals surface area contributed by atoms with Crippen molar-refractivity contribution >= 4 is 18.0 Å². The van der Waals surface area contributed by atoms with Gasteiger partial charge in [0.25, 0.3) is 0 Å². The number of carbonyl (C=O) groups is 2. The Labute approximate surface area is 192 Å². The van der Waals surface area contributed by atoms with E-state index in [1.807, 2.05) is 91.0 Å². The summed E-state index contributed by atoms with van der Waals surface area (Å²) >= 11 is 0. The van der Waals surface area contributed by atoms with Gasteiger partial charge >= 0.3 is 11.9 Å². The van der Waals surface area contributed by atoms with Gasteiger partial charge in [0, 0.05) is 5.92 Å². The van der Waals surface area contributed by atoms with Crippen molar-refractivity contribution in [2.75, 3.05) is 14.2 Å². The smallest absolute Gasteiger partial charge is 0.344 e. The third-order valence-electron chi connectivity index (χ3n) is 5.61. The van der Waals surface area contributed by atoms with Crippen LogP contribution in [0.1, 0.15) is 28.5 Å². The van der Waals surface area contributed by atoms with Crippen molar-refractivity contribution in [3.05, 3.63) is 125 Å². The molecule has 0 bridgehead atoms. The molecule has 0 aliphatic carbocycles. The van der Waals surface area contributed by atoms with E-state index in [0.717, 1.165) is 16.7 Å². The summed E-state index contributed by atoms with van der Waals surface area (Å²) in [6, 6.07) is 28.2. The van der Waals surface area contributed by atoms with E-state index in [4.69, 9.17) is 14.2 Å². The number of cyclic esters (lactones) is 1. The molecule has 0 amide bonds. The Bertz CT molecular complexity index is 1180. The largest absolute Gasteiger partial charge is 0.492 e. The third-order valence-corrected chi connectivity index (χ3v) is 5.61. The minimum absolute atomic E-state index is 0.283. The first-order valence-electron chi connectivity index (χ1n) is 10.6. The molecule has 1 heterocycles. The predicted octanol–water partition coefficient (Wildman–Crippen LogP) is 5.23. The molecule has 5 nitrogen and oxygen atoms in total. The number of methoxy groups -OCH3 is 2. The van der Waals surface area contributed by atoms with E-state index in [1.54, 1.807) is 6.08 Å². The van der Waals surface area contributed by atoms with Crippen LogP contribution < -0.4 is 0 Å². The highest BCUT2D eigenvalue weighted by Crippen LogP contribution is 2.45. The Morgan fingerprint density at radius 1 is 0.818 bits per heavy atom. The number of hydrogen-bond donors (Lipinski definition) is 0. The Balaban J connectivity index is 1.93. The van der Waals surface area contributed by atoms with Crippen LogP contribution in [-0.4, -0.2) is 26.2 Å². The first-order chi connectivity index (χ1) is 16.1. The maximum Gasteiger partial charge on any atom is 0.344 e. The molecular weight excluding hydrogens is 416 g/mol. The lowest BCUT2D eigenvalue weighted by Crippen LogP contribution is -2.26. The number of rotatable bonds is 7. The van der Waals surface area contributed by atoms with Gasteiger partial charge in [-0.25, -0.2) is 4.79 Å². The van der Waals surface area contributed by atoms with Gasteiger partial charge in [-0.3, -0.25) is 4.79 Å². The third kappa shape index (κ3) is 4.58. The summed E-state index contributed by atoms with van der Waals surface area (Å²) in [6.07, 6.45) is 1.75. The molecule has 5 heteroatoms. The van der Waals surface area contributed by atoms with E-state index in [1.165, 1.54) is 14.2 Å². The summed E-state index contributed by atoms with van der Waals surface area (Å²) in [5.74, 6) is -1.84. The van der Waals surface area contributed by atoms with Crippen molar-refractivity contribution in [1.29, 1.82) is 0 Å². The molecule has 0 fully saturated rings. The highest BCUT2D eigenvalue weighted by Gasteiger charge is 2.44. The molecule has 4 rings (SSSR count). The van der Waals surface area contributed by atoms with Crippen molar-refractivity contribution in [1.82, 2.24) is 0 Å². The minimum Gasteiger partial charge on any atom is -0.492 e. The fraction of sp³-hybridized carbons (Fsp3) is 0.143. The molecule has 0 radical (unpaired) electrons. The Morgan fingerprint density at radius 3 is 1.91 bits per heavy atom. The zero-order chi connectivity index (χ0) is 23.2. The number of ether oxygens (including phenoxy) is 3. The van der Waals surface area contributed by atoms with Gasteiger partial charge in [-0.15, -0.1) is 0 Å². The number of esters is 2. The van der Waals surface area contributed by atoms with Crippen molar-refractivity contribution in [2.24, 2.45) is 0 Å². The summed E-state index contributed by atoms with van der Waals surface area (Å²) in [5.41, 5.74) is 2.65. The summed E-state index contributed by atoms with van der Waals surface area (Å²) in [5, 5.41) is 0. The maximum atomic E-state index is 13.3. The van der Waals surface area contributed by atoms with Crippen LogP contribution in [0.3, 0.4) is 0 Å². The normalized spacial score (nSPS) is 16.3. The van der Waals surface area contributed by atoms with Crippen LogP contribution >= 0.6 is 0 Å². The van der Waals surface area contributed by atoms with Crippen LogP contribution in [0.5, 0.6) is 0 Å². The maximum absolute atomic E-state index is 13.3. The average molecular weight is 440 g/mol. The lowest BCUT2D eigenvalue weighted by atomic mass is 9.76. The molecule has 0 saturated carbocycles. The number of carbonyl (C=O) groups excluding carboxylic acids is 2. The zero-order valence-corrected chi connectivity index (χ0v) is 18.4. The van der Waals surface area contributed by atoms with Crippen LogP contribution in [0.25, 0.3) is 6.08 Å². The van der Waals surface area contributed by atoms with Gasteiger partial charge < -0.3 is 14.2 Å². The van der Waals surface area contributed by atoms with Crippen LogP contribution in [0, 0.1) is 0 Å². The minimum atomic E-state index is -0.776. The summed E-state index contributed by atoms with van der Waals surface area (Å²) in [4.78, 5) is 26.4. The first kappa shape index (κ1) is 22.1. The van der Waals surface area contributed by atoms with Crippen LogP contribution in [0.15, 0.2) is 108 Å². The van der Waals surface area contributed by atoms with Gasteiger partial charge in [0.1, 0.15) is 0 Å². The lowest BCUT2D eigenvalue weighted by Gasteiger charge is -2.26. The van der Waals surface area contributed by atoms with Crippen LogP contribution in [0.2, 0.25) is 0 Å². The second-order valence-corrected chi connectivity index (χ2v) is 7.56. The fourth-order valence-corrected chi connectivity index (χ4v) is 4.14. The first-order valence-corrected chi connectivity index (χ1v) is 10.6. The van der Waals surface area contributed by atoms with E-state index in [9.17, 15) is 9.59 Å². The summed E-state index contributed by atoms with van der Waals surface area (Å²) in [6.45, 7) is 0. The lowest BCUT2D eigenvalue weighted by molar-refractivity contribution is -0.143. The quantitative estimate of drug-likeness (QED) is 0.471. The fourth-order valence-electron chi connectivity index (χ4n) is 4.14. The van der Waals surface area contributed by atoms with E-state index in [-0.39, 0.29) is 5.57 Å². The Morgan fingerprint density at radius 2 is 1.36 bits per heavy atom. The van der Waals surface area contributed by atoms with Crippen LogP contribution in [0.4, 0.5) is 0 Å². The van der Waals surface area contributed by atoms with E-state index >= 15 is 0 Å². The summed E-state index contributed by atoms with van der Waals surface area (Å²) < 4.78 is 16.5. The van der Waals surface area contributed by atoms with Crippen molar-refractivity contribution in [3.8, 4) is 0 Å². The highest BCUT2D eigenvalue weighted by molar-refractivity contribution is 5.98. The van der Waals surface area contributed by atoms with Gasteiger partial charge in [0.2, 0.25) is 0 Å². The molecule has 1 aliphatic rings. The molecule has 3 aromatic rings. The van der Waals surface area contributed by atoms with Gasteiger partial charge in [-0.1, -0.05) is 91.0 Å². The molecular formula is C28H24O5. The molecule has 1 aliphatic heterocycles. The van der Waals surface area contributed by atoms with E-state index < -0.39 is 23.8 Å². The number of hydrogen-bond acceptors (Lipinski definition) is 5. The average Bonchev–Trinajstić information content (AvgIpc) is 3.17. The molecule has 0 N–H and O–H groups in total. The SMILES string of the molecule is COC(=O)[C@H](c1ccccc1)[C@@H](C1=C(OC)C(=Cc2ccccc2)OC1=O)c1ccccc1. The standard InChI is InChI=1S/C28H24O5/c1-31-26-22(18-19-12-6-3-7-13-19)33-28(30)25(26)23(20-14-8-4-9-15-20)24(27(29)32-2)21-16-10-5-11-17-21/h3-18,23-24H,1-2H3/t23-,24+/m0/s1. The van der Waals surface area contributed by atoms with Gasteiger partial charge in [-0.05, 0) is 22.8 Å². The summed E-state index contributed by atoms with van der Waals surface area (Å²) in [7, 11) is 2.84. The molecule has 3 aromatic carbocycles. The van der Waals surface area contributed by atoms with Crippen molar-refractivity contribution < 1.29 is 23.8 Å². The van der Waals surface area contributed by atoms with Crippen molar-refractivity contribution in [3.63, 3.8) is 0 Å². The monoisotopic (exact) mass is 440 g/mol. The topological polar surface area (TPSA) is 61.8 Å². The molecule has 166 valence electrons. The molecule has 33 heavy (non-hydrogen) atoms. The molecule has 0 saturated heterocycles. The van der Waals surface area contributed by atoms with Crippen molar-refractivity contribution in [2.45, 2.75) is 11.8 Å². The molecule has 2 atom stereocenters. The second-order valence-electron chi connectivity index (χ2n) is 7.56. The molecule has 0 unspecified atom stereocenters.